The van der Waals surface area contributed by atoms with Crippen LogP contribution in [-0.4, -0.2) is 42.2 Å². The molecule has 0 spiro atoms. The van der Waals surface area contributed by atoms with Crippen molar-refractivity contribution in [1.29, 1.82) is 0 Å². The first-order valence-corrected chi connectivity index (χ1v) is 7.86. The molecule has 6 heteroatoms. The zero-order valence-corrected chi connectivity index (χ0v) is 14.0. The third kappa shape index (κ3) is 2.64. The van der Waals surface area contributed by atoms with E-state index in [1.54, 1.807) is 4.90 Å². The normalized spacial score (nSPS) is 21.4. The zero-order chi connectivity index (χ0) is 16.8. The Labute approximate surface area is 137 Å². The quantitative estimate of drug-likeness (QED) is 0.632. The largest absolute Gasteiger partial charge is 0.494 e. The van der Waals surface area contributed by atoms with Gasteiger partial charge in [0.1, 0.15) is 0 Å². The van der Waals surface area contributed by atoms with Crippen molar-refractivity contribution in [3.05, 3.63) is 40.7 Å². The third-order valence-corrected chi connectivity index (χ3v) is 5.02. The number of rotatable bonds is 3. The highest BCUT2D eigenvalue weighted by Gasteiger charge is 2.51. The highest BCUT2D eigenvalue weighted by Crippen LogP contribution is 2.36. The molecule has 2 heterocycles. The molecular formula is C17H21BN2O3. The minimum Gasteiger partial charge on any atom is -0.399 e. The fourth-order valence-electron chi connectivity index (χ4n) is 2.86. The topological polar surface area (TPSA) is 43.1 Å². The second-order valence-corrected chi connectivity index (χ2v) is 7.11. The lowest BCUT2D eigenvalue weighted by atomic mass is 9.78. The van der Waals surface area contributed by atoms with Crippen LogP contribution in [0, 0.1) is 6.57 Å². The molecule has 2 aliphatic rings. The van der Waals surface area contributed by atoms with Gasteiger partial charge in [0.2, 0.25) is 6.54 Å². The summed E-state index contributed by atoms with van der Waals surface area (Å²) in [6.07, 6.45) is 0. The lowest BCUT2D eigenvalue weighted by molar-refractivity contribution is 0.00578. The molecule has 1 fully saturated rings. The van der Waals surface area contributed by atoms with Crippen molar-refractivity contribution in [2.24, 2.45) is 0 Å². The molecule has 1 amide bonds. The predicted octanol–water partition coefficient (Wildman–Crippen LogP) is 1.86. The van der Waals surface area contributed by atoms with Crippen molar-refractivity contribution in [3.8, 4) is 0 Å². The van der Waals surface area contributed by atoms with Gasteiger partial charge in [-0.2, -0.15) is 0 Å². The molecule has 120 valence electrons. The average molecular weight is 312 g/mol. The Hall–Kier alpha value is -1.84. The Morgan fingerprint density at radius 1 is 1.26 bits per heavy atom. The molecular weight excluding hydrogens is 291 g/mol. The van der Waals surface area contributed by atoms with Crippen LogP contribution in [-0.2, 0) is 15.9 Å². The van der Waals surface area contributed by atoms with Gasteiger partial charge in [-0.15, -0.1) is 0 Å². The summed E-state index contributed by atoms with van der Waals surface area (Å²) in [4.78, 5) is 17.5. The van der Waals surface area contributed by atoms with E-state index in [1.165, 1.54) is 0 Å². The number of carbonyl (C=O) groups is 1. The van der Waals surface area contributed by atoms with Crippen molar-refractivity contribution in [3.63, 3.8) is 0 Å². The summed E-state index contributed by atoms with van der Waals surface area (Å²) in [5, 5.41) is 0. The van der Waals surface area contributed by atoms with E-state index < -0.39 is 18.3 Å². The average Bonchev–Trinajstić information content (AvgIpc) is 2.90. The Bertz CT molecular complexity index is 678. The van der Waals surface area contributed by atoms with Crippen LogP contribution in [0.4, 0.5) is 0 Å². The van der Waals surface area contributed by atoms with E-state index in [4.69, 9.17) is 15.9 Å². The smallest absolute Gasteiger partial charge is 0.399 e. The molecule has 23 heavy (non-hydrogen) atoms. The van der Waals surface area contributed by atoms with Gasteiger partial charge in [0.25, 0.3) is 5.91 Å². The molecule has 0 aliphatic carbocycles. The molecule has 0 radical (unpaired) electrons. The molecule has 0 atom stereocenters. The van der Waals surface area contributed by atoms with Gasteiger partial charge in [0.15, 0.2) is 0 Å². The standard InChI is InChI=1S/C17H21BN2O3/c1-16(2)17(3,4)23-18(22-16)13-7-6-12-11-20(9-8-19-5)15(21)14(12)10-13/h6-7,10H,8-9,11H2,1-4H3. The first kappa shape index (κ1) is 16.0. The van der Waals surface area contributed by atoms with Crippen LogP contribution in [0.5, 0.6) is 0 Å². The Kier molecular flexibility index (Phi) is 3.74. The molecule has 0 unspecified atom stereocenters. The summed E-state index contributed by atoms with van der Waals surface area (Å²) in [6, 6.07) is 5.80. The van der Waals surface area contributed by atoms with Crippen molar-refractivity contribution in [1.82, 2.24) is 4.90 Å². The van der Waals surface area contributed by atoms with E-state index in [1.807, 2.05) is 45.9 Å². The summed E-state index contributed by atoms with van der Waals surface area (Å²) in [6.45, 7) is 16.3. The van der Waals surface area contributed by atoms with Crippen LogP contribution in [0.15, 0.2) is 18.2 Å². The maximum absolute atomic E-state index is 12.5. The molecule has 3 rings (SSSR count). The minimum absolute atomic E-state index is 0.0120. The summed E-state index contributed by atoms with van der Waals surface area (Å²) in [5.74, 6) is -0.0120. The molecule has 0 saturated carbocycles. The van der Waals surface area contributed by atoms with Gasteiger partial charge in [0.05, 0.1) is 17.7 Å². The van der Waals surface area contributed by atoms with E-state index in [9.17, 15) is 4.79 Å². The monoisotopic (exact) mass is 312 g/mol. The second-order valence-electron chi connectivity index (χ2n) is 7.11. The molecule has 2 aliphatic heterocycles. The molecule has 1 aromatic carbocycles. The van der Waals surface area contributed by atoms with Crippen LogP contribution < -0.4 is 5.46 Å². The highest BCUT2D eigenvalue weighted by atomic mass is 16.7. The van der Waals surface area contributed by atoms with E-state index in [-0.39, 0.29) is 5.91 Å². The summed E-state index contributed by atoms with van der Waals surface area (Å²) < 4.78 is 12.1. The number of carbonyl (C=O) groups excluding carboxylic acids is 1. The number of amides is 1. The van der Waals surface area contributed by atoms with Crippen LogP contribution in [0.3, 0.4) is 0 Å². The van der Waals surface area contributed by atoms with E-state index >= 15 is 0 Å². The first-order valence-electron chi connectivity index (χ1n) is 7.86. The highest BCUT2D eigenvalue weighted by molar-refractivity contribution is 6.62. The first-order chi connectivity index (χ1) is 10.7. The molecule has 0 N–H and O–H groups in total. The number of hydrogen-bond donors (Lipinski definition) is 0. The van der Waals surface area contributed by atoms with Gasteiger partial charge < -0.3 is 19.1 Å². The fourth-order valence-corrected chi connectivity index (χ4v) is 2.86. The fraction of sp³-hybridized carbons (Fsp3) is 0.529. The van der Waals surface area contributed by atoms with E-state index in [0.717, 1.165) is 11.0 Å². The summed E-state index contributed by atoms with van der Waals surface area (Å²) in [5.41, 5.74) is 1.76. The zero-order valence-electron chi connectivity index (χ0n) is 14.0. The van der Waals surface area contributed by atoms with Crippen LogP contribution in [0.2, 0.25) is 0 Å². The molecule has 0 bridgehead atoms. The van der Waals surface area contributed by atoms with Crippen LogP contribution in [0.25, 0.3) is 4.85 Å². The SMILES string of the molecule is [C-]#[N+]CCN1Cc2ccc(B3OC(C)(C)C(C)(C)O3)cc2C1=O. The van der Waals surface area contributed by atoms with Gasteiger partial charge in [-0.1, -0.05) is 12.1 Å². The maximum Gasteiger partial charge on any atom is 0.494 e. The van der Waals surface area contributed by atoms with Crippen molar-refractivity contribution in [2.45, 2.75) is 45.4 Å². The van der Waals surface area contributed by atoms with E-state index in [0.29, 0.717) is 25.2 Å². The van der Waals surface area contributed by atoms with Gasteiger partial charge in [-0.25, -0.2) is 6.57 Å². The lowest BCUT2D eigenvalue weighted by Gasteiger charge is -2.32. The Balaban J connectivity index is 1.83. The number of benzene rings is 1. The van der Waals surface area contributed by atoms with Crippen LogP contribution >= 0.6 is 0 Å². The van der Waals surface area contributed by atoms with Crippen LogP contribution in [0.1, 0.15) is 43.6 Å². The van der Waals surface area contributed by atoms with Gasteiger partial charge >= 0.3 is 7.12 Å². The van der Waals surface area contributed by atoms with Crippen molar-refractivity contribution in [2.75, 3.05) is 13.1 Å². The molecule has 0 aromatic heterocycles. The third-order valence-electron chi connectivity index (χ3n) is 5.02. The lowest BCUT2D eigenvalue weighted by Crippen LogP contribution is -2.41. The number of nitrogens with zero attached hydrogens (tertiary/aromatic N) is 2. The van der Waals surface area contributed by atoms with Crippen molar-refractivity contribution >= 4 is 18.5 Å². The Morgan fingerprint density at radius 3 is 2.52 bits per heavy atom. The minimum atomic E-state index is -0.463. The summed E-state index contributed by atoms with van der Waals surface area (Å²) >= 11 is 0. The van der Waals surface area contributed by atoms with Crippen molar-refractivity contribution < 1.29 is 14.1 Å². The molecule has 5 nitrogen and oxygen atoms in total. The van der Waals surface area contributed by atoms with Gasteiger partial charge in [-0.05, 0) is 44.8 Å². The molecule has 1 saturated heterocycles. The second kappa shape index (κ2) is 5.36. The van der Waals surface area contributed by atoms with Gasteiger partial charge in [-0.3, -0.25) is 4.79 Å². The maximum atomic E-state index is 12.5. The summed E-state index contributed by atoms with van der Waals surface area (Å²) in [7, 11) is -0.463. The van der Waals surface area contributed by atoms with Gasteiger partial charge in [0, 0.05) is 12.1 Å². The number of hydrogen-bond acceptors (Lipinski definition) is 3. The predicted molar refractivity (Wildman–Crippen MR) is 88.4 cm³/mol. The van der Waals surface area contributed by atoms with E-state index in [2.05, 4.69) is 4.85 Å². The Morgan fingerprint density at radius 2 is 1.91 bits per heavy atom. The molecule has 1 aromatic rings. The number of fused-ring (bicyclic) bond motifs is 1.